The lowest BCUT2D eigenvalue weighted by atomic mass is 10.1. The molecule has 0 fully saturated rings. The van der Waals surface area contributed by atoms with E-state index in [2.05, 4.69) is 0 Å². The van der Waals surface area contributed by atoms with E-state index in [-0.39, 0.29) is 11.8 Å². The Hall–Kier alpha value is -3.02. The predicted octanol–water partition coefficient (Wildman–Crippen LogP) is 3.44. The molecule has 2 aromatic rings. The summed E-state index contributed by atoms with van der Waals surface area (Å²) >= 11 is 0. The number of ether oxygens (including phenoxy) is 1. The van der Waals surface area contributed by atoms with Crippen LogP contribution >= 0.6 is 0 Å². The Balaban J connectivity index is 2.73. The molecule has 0 saturated carbocycles. The lowest BCUT2D eigenvalue weighted by molar-refractivity contribution is -0.410. The Labute approximate surface area is 148 Å². The maximum Gasteiger partial charge on any atom is 0.364 e. The van der Waals surface area contributed by atoms with Crippen molar-refractivity contribution in [1.29, 1.82) is 0 Å². The second-order valence-electron chi connectivity index (χ2n) is 4.90. The molecule has 0 aliphatic rings. The third-order valence-corrected chi connectivity index (χ3v) is 5.05. The molecule has 0 spiro atoms. The van der Waals surface area contributed by atoms with Crippen molar-refractivity contribution >= 4 is 15.9 Å². The van der Waals surface area contributed by atoms with Crippen molar-refractivity contribution in [2.45, 2.75) is 4.90 Å². The second-order valence-corrected chi connectivity index (χ2v) is 6.80. The third kappa shape index (κ3) is 3.60. The summed E-state index contributed by atoms with van der Waals surface area (Å²) in [5.74, 6) is -11.8. The van der Waals surface area contributed by atoms with Crippen molar-refractivity contribution in [3.05, 3.63) is 74.1 Å². The van der Waals surface area contributed by atoms with Crippen molar-refractivity contribution in [3.8, 4) is 5.75 Å². The number of sulfone groups is 1. The van der Waals surface area contributed by atoms with Crippen LogP contribution in [0.3, 0.4) is 0 Å². The zero-order chi connectivity index (χ0) is 20.5. The van der Waals surface area contributed by atoms with Crippen molar-refractivity contribution in [2.75, 3.05) is 7.11 Å². The number of rotatable bonds is 5. The Morgan fingerprint density at radius 3 is 1.81 bits per heavy atom. The fourth-order valence-electron chi connectivity index (χ4n) is 1.98. The number of halogens is 5. The number of benzene rings is 2. The highest BCUT2D eigenvalue weighted by Gasteiger charge is 2.34. The normalized spacial score (nSPS) is 12.1. The van der Waals surface area contributed by atoms with Gasteiger partial charge in [0.1, 0.15) is 5.75 Å². The highest BCUT2D eigenvalue weighted by molar-refractivity contribution is 7.95. The van der Waals surface area contributed by atoms with Crippen LogP contribution in [-0.4, -0.2) is 20.5 Å². The minimum atomic E-state index is -4.96. The Bertz CT molecular complexity index is 1020. The molecule has 0 atom stereocenters. The zero-order valence-corrected chi connectivity index (χ0v) is 14.0. The number of hydrogen-bond acceptors (Lipinski definition) is 5. The molecule has 0 aliphatic carbocycles. The van der Waals surface area contributed by atoms with E-state index in [9.17, 15) is 40.5 Å². The van der Waals surface area contributed by atoms with E-state index in [0.717, 1.165) is 24.3 Å². The first-order chi connectivity index (χ1) is 12.5. The molecule has 27 heavy (non-hydrogen) atoms. The van der Waals surface area contributed by atoms with Gasteiger partial charge >= 0.3 is 5.03 Å². The smallest absolute Gasteiger partial charge is 0.364 e. The van der Waals surface area contributed by atoms with Gasteiger partial charge in [-0.25, -0.2) is 30.4 Å². The van der Waals surface area contributed by atoms with E-state index < -0.39 is 59.3 Å². The first-order valence-electron chi connectivity index (χ1n) is 6.79. The Kier molecular flexibility index (Phi) is 5.49. The first kappa shape index (κ1) is 20.3. The van der Waals surface area contributed by atoms with Crippen LogP contribution in [0.15, 0.2) is 34.2 Å². The molecule has 6 nitrogen and oxygen atoms in total. The van der Waals surface area contributed by atoms with Crippen molar-refractivity contribution in [1.82, 2.24) is 0 Å². The maximum absolute atomic E-state index is 13.7. The minimum Gasteiger partial charge on any atom is -0.497 e. The van der Waals surface area contributed by atoms with Gasteiger partial charge in [0.05, 0.1) is 22.5 Å². The quantitative estimate of drug-likeness (QED) is 0.248. The van der Waals surface area contributed by atoms with Crippen LogP contribution < -0.4 is 4.74 Å². The molecule has 0 saturated heterocycles. The molecule has 0 amide bonds. The van der Waals surface area contributed by atoms with Gasteiger partial charge in [-0.1, -0.05) is 0 Å². The van der Waals surface area contributed by atoms with Crippen LogP contribution in [0, 0.1) is 39.2 Å². The molecule has 0 heterocycles. The van der Waals surface area contributed by atoms with Gasteiger partial charge in [0, 0.05) is 6.08 Å². The molecule has 144 valence electrons. The van der Waals surface area contributed by atoms with E-state index in [0.29, 0.717) is 0 Å². The standard InChI is InChI=1S/C15H8F5NO5S/c1-26-7-2-4-8(5-3-7)27(24,25)10(21(22)23)6-9-11(16)13(18)15(20)14(19)12(9)17/h2-6H,1H3. The molecule has 0 N–H and O–H groups in total. The fraction of sp³-hybridized carbons (Fsp3) is 0.0667. The summed E-state index contributed by atoms with van der Waals surface area (Å²) < 4.78 is 96.5. The molecule has 0 unspecified atom stereocenters. The summed E-state index contributed by atoms with van der Waals surface area (Å²) in [5.41, 5.74) is -1.75. The Morgan fingerprint density at radius 2 is 1.41 bits per heavy atom. The molecule has 0 aromatic heterocycles. The number of methoxy groups -OCH3 is 1. The highest BCUT2D eigenvalue weighted by Crippen LogP contribution is 2.28. The highest BCUT2D eigenvalue weighted by atomic mass is 32.2. The average Bonchev–Trinajstić information content (AvgIpc) is 2.64. The summed E-state index contributed by atoms with van der Waals surface area (Å²) in [5, 5.41) is 9.35. The van der Waals surface area contributed by atoms with E-state index in [4.69, 9.17) is 4.74 Å². The summed E-state index contributed by atoms with van der Waals surface area (Å²) in [4.78, 5) is 8.96. The van der Waals surface area contributed by atoms with Gasteiger partial charge in [0.15, 0.2) is 23.3 Å². The lowest BCUT2D eigenvalue weighted by Crippen LogP contribution is -2.14. The number of hydrogen-bond donors (Lipinski definition) is 0. The van der Waals surface area contributed by atoms with Crippen LogP contribution in [0.2, 0.25) is 0 Å². The van der Waals surface area contributed by atoms with Gasteiger partial charge in [-0.2, -0.15) is 0 Å². The molecule has 0 radical (unpaired) electrons. The van der Waals surface area contributed by atoms with E-state index in [1.807, 2.05) is 0 Å². The van der Waals surface area contributed by atoms with Crippen LogP contribution in [0.25, 0.3) is 6.08 Å². The number of nitrogens with zero attached hydrogens (tertiary/aromatic N) is 1. The van der Waals surface area contributed by atoms with Crippen LogP contribution in [0.1, 0.15) is 5.56 Å². The van der Waals surface area contributed by atoms with Gasteiger partial charge in [0.25, 0.3) is 9.84 Å². The average molecular weight is 409 g/mol. The van der Waals surface area contributed by atoms with Crippen LogP contribution in [-0.2, 0) is 9.84 Å². The van der Waals surface area contributed by atoms with E-state index in [1.54, 1.807) is 0 Å². The first-order valence-corrected chi connectivity index (χ1v) is 8.27. The molecular weight excluding hydrogens is 401 g/mol. The summed E-state index contributed by atoms with van der Waals surface area (Å²) in [6, 6.07) is 4.10. The molecule has 2 rings (SSSR count). The summed E-state index contributed by atoms with van der Waals surface area (Å²) in [6.07, 6.45) is -0.226. The molecule has 2 aromatic carbocycles. The third-order valence-electron chi connectivity index (χ3n) is 3.34. The molecular formula is C15H8F5NO5S. The minimum absolute atomic E-state index is 0.209. The lowest BCUT2D eigenvalue weighted by Gasteiger charge is -2.06. The van der Waals surface area contributed by atoms with Crippen LogP contribution in [0.5, 0.6) is 5.75 Å². The van der Waals surface area contributed by atoms with Gasteiger partial charge in [-0.15, -0.1) is 0 Å². The van der Waals surface area contributed by atoms with Gasteiger partial charge in [-0.05, 0) is 24.3 Å². The van der Waals surface area contributed by atoms with Crippen LogP contribution in [0.4, 0.5) is 22.0 Å². The van der Waals surface area contributed by atoms with Gasteiger partial charge < -0.3 is 4.74 Å². The fourth-order valence-corrected chi connectivity index (χ4v) is 3.18. The summed E-state index contributed by atoms with van der Waals surface area (Å²) in [6.45, 7) is 0. The largest absolute Gasteiger partial charge is 0.497 e. The SMILES string of the molecule is COc1ccc(S(=O)(=O)C(=Cc2c(F)c(F)c(F)c(F)c2F)[N+](=O)[O-])cc1. The zero-order valence-electron chi connectivity index (χ0n) is 13.2. The van der Waals surface area contributed by atoms with Gasteiger partial charge in [0.2, 0.25) is 5.82 Å². The molecule has 0 bridgehead atoms. The summed E-state index contributed by atoms with van der Waals surface area (Å²) in [7, 11) is -3.69. The maximum atomic E-state index is 13.7. The van der Waals surface area contributed by atoms with Crippen molar-refractivity contribution < 1.29 is 40.0 Å². The number of nitro groups is 1. The van der Waals surface area contributed by atoms with E-state index >= 15 is 0 Å². The molecule has 0 aliphatic heterocycles. The Morgan fingerprint density at radius 1 is 0.963 bits per heavy atom. The predicted molar refractivity (Wildman–Crippen MR) is 81.4 cm³/mol. The monoisotopic (exact) mass is 409 g/mol. The second kappa shape index (κ2) is 7.31. The van der Waals surface area contributed by atoms with E-state index in [1.165, 1.54) is 7.11 Å². The van der Waals surface area contributed by atoms with Crippen molar-refractivity contribution in [2.24, 2.45) is 0 Å². The molecule has 12 heteroatoms. The topological polar surface area (TPSA) is 86.5 Å². The van der Waals surface area contributed by atoms with Gasteiger partial charge in [-0.3, -0.25) is 10.1 Å². The van der Waals surface area contributed by atoms with Crippen molar-refractivity contribution in [3.63, 3.8) is 0 Å².